The summed E-state index contributed by atoms with van der Waals surface area (Å²) in [5.74, 6) is 0. The van der Waals surface area contributed by atoms with Crippen LogP contribution in [-0.2, 0) is 13.6 Å². The second kappa shape index (κ2) is 4.87. The van der Waals surface area contributed by atoms with Gasteiger partial charge in [-0.1, -0.05) is 0 Å². The predicted molar refractivity (Wildman–Crippen MR) is 68.4 cm³/mol. The molecule has 0 spiro atoms. The van der Waals surface area contributed by atoms with Gasteiger partial charge in [0.25, 0.3) is 5.69 Å². The lowest BCUT2D eigenvalue weighted by molar-refractivity contribution is -0.385. The molecule has 18 heavy (non-hydrogen) atoms. The minimum atomic E-state index is -0.375. The van der Waals surface area contributed by atoms with E-state index in [1.165, 1.54) is 6.07 Å². The van der Waals surface area contributed by atoms with Crippen LogP contribution in [0.25, 0.3) is 0 Å². The number of aromatic nitrogens is 2. The van der Waals surface area contributed by atoms with Crippen LogP contribution in [0.2, 0.25) is 0 Å². The number of hydrogen-bond donors (Lipinski definition) is 1. The lowest BCUT2D eigenvalue weighted by Gasteiger charge is -2.05. The van der Waals surface area contributed by atoms with Crippen LogP contribution in [0.1, 0.15) is 11.1 Å². The Hall–Kier alpha value is -2.37. The van der Waals surface area contributed by atoms with Crippen molar-refractivity contribution in [1.82, 2.24) is 9.78 Å². The fraction of sp³-hybridized carbons (Fsp3) is 0.250. The molecule has 6 nitrogen and oxygen atoms in total. The normalized spacial score (nSPS) is 10.3. The average molecular weight is 246 g/mol. The van der Waals surface area contributed by atoms with Crippen molar-refractivity contribution in [2.75, 3.05) is 5.32 Å². The largest absolute Gasteiger partial charge is 0.381 e. The highest BCUT2D eigenvalue weighted by atomic mass is 16.6. The Balaban J connectivity index is 2.06. The van der Waals surface area contributed by atoms with Crippen LogP contribution in [0.4, 0.5) is 11.4 Å². The van der Waals surface area contributed by atoms with E-state index in [2.05, 4.69) is 10.4 Å². The summed E-state index contributed by atoms with van der Waals surface area (Å²) in [5, 5.41) is 18.0. The maximum Gasteiger partial charge on any atom is 0.272 e. The second-order valence-electron chi connectivity index (χ2n) is 4.13. The second-order valence-corrected chi connectivity index (χ2v) is 4.13. The zero-order chi connectivity index (χ0) is 13.1. The summed E-state index contributed by atoms with van der Waals surface area (Å²) in [4.78, 5) is 10.3. The van der Waals surface area contributed by atoms with Crippen LogP contribution in [0.3, 0.4) is 0 Å². The summed E-state index contributed by atoms with van der Waals surface area (Å²) in [6.45, 7) is 2.37. The highest BCUT2D eigenvalue weighted by molar-refractivity contribution is 5.53. The maximum absolute atomic E-state index is 10.7. The van der Waals surface area contributed by atoms with Crippen LogP contribution in [0.5, 0.6) is 0 Å². The number of anilines is 1. The summed E-state index contributed by atoms with van der Waals surface area (Å²) in [7, 11) is 1.86. The Morgan fingerprint density at radius 1 is 1.50 bits per heavy atom. The van der Waals surface area contributed by atoms with E-state index in [0.29, 0.717) is 12.1 Å². The van der Waals surface area contributed by atoms with Crippen LogP contribution >= 0.6 is 0 Å². The molecule has 0 radical (unpaired) electrons. The molecule has 2 aromatic rings. The van der Waals surface area contributed by atoms with E-state index in [1.54, 1.807) is 29.9 Å². The third-order valence-corrected chi connectivity index (χ3v) is 2.65. The highest BCUT2D eigenvalue weighted by Gasteiger charge is 2.09. The van der Waals surface area contributed by atoms with Gasteiger partial charge in [0.1, 0.15) is 0 Å². The fourth-order valence-corrected chi connectivity index (χ4v) is 1.74. The first-order valence-corrected chi connectivity index (χ1v) is 5.52. The summed E-state index contributed by atoms with van der Waals surface area (Å²) in [6.07, 6.45) is 3.70. The molecule has 1 aromatic heterocycles. The number of nitro groups is 1. The lowest BCUT2D eigenvalue weighted by atomic mass is 10.2. The topological polar surface area (TPSA) is 73.0 Å². The van der Waals surface area contributed by atoms with Crippen LogP contribution in [0.15, 0.2) is 30.6 Å². The first-order valence-electron chi connectivity index (χ1n) is 5.52. The van der Waals surface area contributed by atoms with Gasteiger partial charge >= 0.3 is 0 Å². The van der Waals surface area contributed by atoms with Crippen molar-refractivity contribution < 1.29 is 4.92 Å². The van der Waals surface area contributed by atoms with Gasteiger partial charge in [0.2, 0.25) is 0 Å². The lowest BCUT2D eigenvalue weighted by Crippen LogP contribution is -1.99. The molecule has 0 saturated heterocycles. The minimum absolute atomic E-state index is 0.141. The third kappa shape index (κ3) is 2.65. The van der Waals surface area contributed by atoms with E-state index in [9.17, 15) is 10.1 Å². The standard InChI is InChI=1S/C12H14N4O2/c1-9-5-11(3-4-12(9)16(17)18)13-6-10-7-14-15(2)8-10/h3-5,7-8,13H,6H2,1-2H3. The number of nitro benzene ring substituents is 1. The van der Waals surface area contributed by atoms with Crippen molar-refractivity contribution in [3.8, 4) is 0 Å². The van der Waals surface area contributed by atoms with Crippen molar-refractivity contribution in [2.45, 2.75) is 13.5 Å². The van der Waals surface area contributed by atoms with E-state index in [-0.39, 0.29) is 10.6 Å². The SMILES string of the molecule is Cc1cc(NCc2cnn(C)c2)ccc1[N+](=O)[O-]. The molecule has 0 aliphatic carbocycles. The van der Waals surface area contributed by atoms with Gasteiger partial charge < -0.3 is 5.32 Å². The molecule has 0 unspecified atom stereocenters. The number of hydrogen-bond acceptors (Lipinski definition) is 4. The summed E-state index contributed by atoms with van der Waals surface area (Å²) >= 11 is 0. The molecule has 1 heterocycles. The van der Waals surface area contributed by atoms with Crippen molar-refractivity contribution in [3.05, 3.63) is 51.8 Å². The van der Waals surface area contributed by atoms with Gasteiger partial charge in [-0.2, -0.15) is 5.10 Å². The Kier molecular flexibility index (Phi) is 3.27. The Labute approximate surface area is 104 Å². The molecular formula is C12H14N4O2. The molecule has 0 bridgehead atoms. The van der Waals surface area contributed by atoms with Crippen molar-refractivity contribution in [2.24, 2.45) is 7.05 Å². The Morgan fingerprint density at radius 3 is 2.83 bits per heavy atom. The Bertz CT molecular complexity index is 577. The molecule has 0 amide bonds. The predicted octanol–water partition coefficient (Wildman–Crippen LogP) is 2.25. The van der Waals surface area contributed by atoms with Gasteiger partial charge in [-0.15, -0.1) is 0 Å². The van der Waals surface area contributed by atoms with Crippen molar-refractivity contribution in [3.63, 3.8) is 0 Å². The molecule has 1 N–H and O–H groups in total. The number of nitrogens with zero attached hydrogens (tertiary/aromatic N) is 3. The van der Waals surface area contributed by atoms with E-state index < -0.39 is 0 Å². The summed E-state index contributed by atoms with van der Waals surface area (Å²) < 4.78 is 1.73. The fourth-order valence-electron chi connectivity index (χ4n) is 1.74. The van der Waals surface area contributed by atoms with E-state index in [1.807, 2.05) is 13.2 Å². The van der Waals surface area contributed by atoms with Gasteiger partial charge in [-0.05, 0) is 19.1 Å². The highest BCUT2D eigenvalue weighted by Crippen LogP contribution is 2.21. The van der Waals surface area contributed by atoms with E-state index in [4.69, 9.17) is 0 Å². The molecule has 2 rings (SSSR count). The quantitative estimate of drug-likeness (QED) is 0.663. The Morgan fingerprint density at radius 2 is 2.28 bits per heavy atom. The van der Waals surface area contributed by atoms with Crippen LogP contribution < -0.4 is 5.32 Å². The van der Waals surface area contributed by atoms with Gasteiger partial charge in [0, 0.05) is 42.7 Å². The molecule has 0 atom stereocenters. The van der Waals surface area contributed by atoms with E-state index >= 15 is 0 Å². The minimum Gasteiger partial charge on any atom is -0.381 e. The number of benzene rings is 1. The number of rotatable bonds is 4. The van der Waals surface area contributed by atoms with Gasteiger partial charge in [0.15, 0.2) is 0 Å². The smallest absolute Gasteiger partial charge is 0.272 e. The van der Waals surface area contributed by atoms with Crippen molar-refractivity contribution in [1.29, 1.82) is 0 Å². The first kappa shape index (κ1) is 12.1. The van der Waals surface area contributed by atoms with Gasteiger partial charge in [-0.3, -0.25) is 14.8 Å². The molecule has 94 valence electrons. The molecule has 1 aromatic carbocycles. The van der Waals surface area contributed by atoms with Crippen LogP contribution in [-0.4, -0.2) is 14.7 Å². The number of nitrogens with one attached hydrogen (secondary N) is 1. The first-order chi connectivity index (χ1) is 8.56. The van der Waals surface area contributed by atoms with Gasteiger partial charge in [0.05, 0.1) is 11.1 Å². The summed E-state index contributed by atoms with van der Waals surface area (Å²) in [6, 6.07) is 5.00. The molecular weight excluding hydrogens is 232 g/mol. The molecule has 6 heteroatoms. The molecule has 0 aliphatic rings. The monoisotopic (exact) mass is 246 g/mol. The molecule has 0 saturated carbocycles. The maximum atomic E-state index is 10.7. The number of aryl methyl sites for hydroxylation is 2. The van der Waals surface area contributed by atoms with Crippen molar-refractivity contribution >= 4 is 11.4 Å². The molecule has 0 aliphatic heterocycles. The zero-order valence-corrected chi connectivity index (χ0v) is 10.3. The average Bonchev–Trinajstić information content (AvgIpc) is 2.72. The van der Waals surface area contributed by atoms with Gasteiger partial charge in [-0.25, -0.2) is 0 Å². The third-order valence-electron chi connectivity index (χ3n) is 2.65. The molecule has 0 fully saturated rings. The van der Waals surface area contributed by atoms with Crippen LogP contribution in [0, 0.1) is 17.0 Å². The van der Waals surface area contributed by atoms with E-state index in [0.717, 1.165) is 11.3 Å². The zero-order valence-electron chi connectivity index (χ0n) is 10.3. The summed E-state index contributed by atoms with van der Waals surface area (Å²) in [5.41, 5.74) is 2.72.